The minimum atomic E-state index is -4.58. The Morgan fingerprint density at radius 1 is 1.08 bits per heavy atom. The molecule has 4 saturated heterocycles. The Morgan fingerprint density at radius 2 is 1.74 bits per heavy atom. The Morgan fingerprint density at radius 3 is 2.34 bits per heavy atom. The van der Waals surface area contributed by atoms with Crippen molar-refractivity contribution >= 4 is 33.4 Å². The highest BCUT2D eigenvalue weighted by atomic mass is 35.5. The summed E-state index contributed by atoms with van der Waals surface area (Å²) in [6.45, 7) is 5.87. The van der Waals surface area contributed by atoms with E-state index in [0.29, 0.717) is 37.7 Å². The van der Waals surface area contributed by atoms with Crippen LogP contribution in [0.5, 0.6) is 0 Å². The Labute approximate surface area is 226 Å². The monoisotopic (exact) mass is 578 g/mol. The number of alkyl halides is 3. The quantitative estimate of drug-likeness (QED) is 0.527. The van der Waals surface area contributed by atoms with Crippen molar-refractivity contribution in [1.29, 1.82) is 0 Å². The van der Waals surface area contributed by atoms with Crippen molar-refractivity contribution in [2.24, 2.45) is 5.41 Å². The lowest BCUT2D eigenvalue weighted by atomic mass is 9.73. The Kier molecular flexibility index (Phi) is 7.10. The molecule has 4 fully saturated rings. The highest BCUT2D eigenvalue weighted by Gasteiger charge is 2.53. The summed E-state index contributed by atoms with van der Waals surface area (Å²) >= 11 is 6.51. The summed E-state index contributed by atoms with van der Waals surface area (Å²) in [5, 5.41) is 0.637. The molecule has 0 saturated carbocycles. The zero-order chi connectivity index (χ0) is 27.5. The number of likely N-dealkylation sites (tertiary alicyclic amines) is 2. The lowest BCUT2D eigenvalue weighted by Gasteiger charge is -2.53. The van der Waals surface area contributed by atoms with E-state index in [2.05, 4.69) is 20.6 Å². The van der Waals surface area contributed by atoms with Gasteiger partial charge in [-0.3, -0.25) is 4.90 Å². The molecule has 2 spiro atoms. The van der Waals surface area contributed by atoms with Gasteiger partial charge in [-0.2, -0.15) is 13.2 Å². The molecule has 1 atom stereocenters. The first-order chi connectivity index (χ1) is 17.7. The molecule has 1 unspecified atom stereocenters. The van der Waals surface area contributed by atoms with E-state index in [1.807, 2.05) is 12.1 Å². The number of piperidine rings is 1. The van der Waals surface area contributed by atoms with Crippen LogP contribution in [-0.2, 0) is 21.3 Å². The van der Waals surface area contributed by atoms with Gasteiger partial charge in [-0.1, -0.05) is 11.6 Å². The van der Waals surface area contributed by atoms with E-state index in [4.69, 9.17) is 11.6 Å². The predicted octanol–water partition coefficient (Wildman–Crippen LogP) is 3.94. The van der Waals surface area contributed by atoms with Crippen molar-refractivity contribution in [2.75, 3.05) is 57.0 Å². The molecule has 4 aliphatic rings. The minimum Gasteiger partial charge on any atom is -0.437 e. The van der Waals surface area contributed by atoms with Crippen LogP contribution in [0.4, 0.5) is 23.7 Å². The molecule has 0 bridgehead atoms. The van der Waals surface area contributed by atoms with E-state index < -0.39 is 28.4 Å². The summed E-state index contributed by atoms with van der Waals surface area (Å²) in [6.07, 6.45) is -2.70. The first-order valence-electron chi connectivity index (χ1n) is 13.0. The van der Waals surface area contributed by atoms with E-state index in [1.165, 1.54) is 11.2 Å². The largest absolute Gasteiger partial charge is 0.437 e. The highest BCUT2D eigenvalue weighted by molar-refractivity contribution is 7.88. The van der Waals surface area contributed by atoms with Crippen LogP contribution >= 0.6 is 11.6 Å². The maximum absolute atomic E-state index is 12.8. The molecule has 13 heteroatoms. The van der Waals surface area contributed by atoms with Crippen LogP contribution in [0.25, 0.3) is 0 Å². The molecule has 1 aromatic carbocycles. The average molecular weight is 579 g/mol. The van der Waals surface area contributed by atoms with Gasteiger partial charge in [-0.05, 0) is 62.9 Å². The fourth-order valence-electron chi connectivity index (χ4n) is 6.30. The van der Waals surface area contributed by atoms with Gasteiger partial charge in [0, 0.05) is 61.9 Å². The number of benzene rings is 1. The van der Waals surface area contributed by atoms with Crippen LogP contribution in [-0.4, -0.2) is 98.5 Å². The molecule has 8 nitrogen and oxygen atoms in total. The van der Waals surface area contributed by atoms with E-state index in [0.717, 1.165) is 63.5 Å². The Hall–Kier alpha value is -1.76. The summed E-state index contributed by atoms with van der Waals surface area (Å²) in [5.74, 6) is 0. The molecule has 0 aliphatic carbocycles. The molecular weight excluding hydrogens is 545 g/mol. The second-order valence-corrected chi connectivity index (χ2v) is 13.9. The molecule has 5 rings (SSSR count). The summed E-state index contributed by atoms with van der Waals surface area (Å²) in [6, 6.07) is 6.03. The third kappa shape index (κ3) is 5.46. The number of anilines is 1. The van der Waals surface area contributed by atoms with Crippen LogP contribution in [0.1, 0.15) is 38.2 Å². The average Bonchev–Trinajstić information content (AvgIpc) is 3.18. The van der Waals surface area contributed by atoms with Gasteiger partial charge in [-0.25, -0.2) is 17.5 Å². The van der Waals surface area contributed by atoms with Gasteiger partial charge in [0.2, 0.25) is 10.0 Å². The van der Waals surface area contributed by atoms with E-state index in [-0.39, 0.29) is 11.0 Å². The topological polar surface area (TPSA) is 73.4 Å². The van der Waals surface area contributed by atoms with E-state index in [1.54, 1.807) is 4.31 Å². The third-order valence-corrected chi connectivity index (χ3v) is 10.1. The Bertz CT molecular complexity index is 1180. The molecule has 4 heterocycles. The van der Waals surface area contributed by atoms with Crippen molar-refractivity contribution in [3.63, 3.8) is 0 Å². The maximum atomic E-state index is 12.8. The number of halogens is 4. The van der Waals surface area contributed by atoms with Gasteiger partial charge in [0.15, 0.2) is 6.10 Å². The fourth-order valence-corrected chi connectivity index (χ4v) is 7.57. The maximum Gasteiger partial charge on any atom is 0.425 e. The summed E-state index contributed by atoms with van der Waals surface area (Å²) < 4.78 is 68.0. The Balaban J connectivity index is 1.18. The standard InChI is InChI=1S/C25H34ClF3N4O4S/c1-18(25(27,28)29)37-22(34)31-16-24(17-31)4-3-7-32(24)13-19-10-20(26)12-21(11-19)30-8-5-23(6-9-30)14-33(15-23)38(2,35)36/h10-12,18H,3-9,13-17H2,1-2H3. The van der Waals surface area contributed by atoms with Crippen molar-refractivity contribution in [2.45, 2.75) is 57.0 Å². The van der Waals surface area contributed by atoms with Crippen LogP contribution < -0.4 is 4.90 Å². The number of hydrogen-bond donors (Lipinski definition) is 0. The van der Waals surface area contributed by atoms with Gasteiger partial charge in [0.25, 0.3) is 0 Å². The molecule has 0 N–H and O–H groups in total. The number of hydrogen-bond acceptors (Lipinski definition) is 6. The number of sulfonamides is 1. The number of carbonyl (C=O) groups is 1. The van der Waals surface area contributed by atoms with Crippen molar-refractivity contribution in [1.82, 2.24) is 14.1 Å². The number of rotatable bonds is 5. The van der Waals surface area contributed by atoms with Gasteiger partial charge in [0.05, 0.1) is 11.8 Å². The fraction of sp³-hybridized carbons (Fsp3) is 0.720. The highest BCUT2D eigenvalue weighted by Crippen LogP contribution is 2.43. The van der Waals surface area contributed by atoms with Crippen molar-refractivity contribution in [3.05, 3.63) is 28.8 Å². The molecule has 1 amide bonds. The molecular formula is C25H34ClF3N4O4S. The molecule has 4 aliphatic heterocycles. The first kappa shape index (κ1) is 27.8. The molecule has 0 aromatic heterocycles. The number of carbonyl (C=O) groups excluding carboxylic acids is 1. The van der Waals surface area contributed by atoms with E-state index in [9.17, 15) is 26.4 Å². The lowest BCUT2D eigenvalue weighted by Crippen LogP contribution is -2.69. The van der Waals surface area contributed by atoms with E-state index >= 15 is 0 Å². The van der Waals surface area contributed by atoms with Gasteiger partial charge in [-0.15, -0.1) is 0 Å². The van der Waals surface area contributed by atoms with Crippen molar-refractivity contribution in [3.8, 4) is 0 Å². The molecule has 38 heavy (non-hydrogen) atoms. The first-order valence-corrected chi connectivity index (χ1v) is 15.2. The van der Waals surface area contributed by atoms with Crippen LogP contribution in [0.15, 0.2) is 18.2 Å². The summed E-state index contributed by atoms with van der Waals surface area (Å²) in [5.41, 5.74) is 1.90. The minimum absolute atomic E-state index is 0.0675. The predicted molar refractivity (Wildman–Crippen MR) is 138 cm³/mol. The number of nitrogens with zero attached hydrogens (tertiary/aromatic N) is 4. The lowest BCUT2D eigenvalue weighted by molar-refractivity contribution is -0.202. The van der Waals surface area contributed by atoms with Crippen molar-refractivity contribution < 1.29 is 31.1 Å². The number of amides is 1. The number of ether oxygens (including phenoxy) is 1. The van der Waals surface area contributed by atoms with Gasteiger partial charge in [0.1, 0.15) is 0 Å². The smallest absolute Gasteiger partial charge is 0.425 e. The zero-order valence-corrected chi connectivity index (χ0v) is 23.2. The second kappa shape index (κ2) is 9.71. The molecule has 0 radical (unpaired) electrons. The second-order valence-electron chi connectivity index (χ2n) is 11.5. The van der Waals surface area contributed by atoms with Crippen LogP contribution in [0.3, 0.4) is 0 Å². The normalized spacial score (nSPS) is 24.4. The third-order valence-electron chi connectivity index (χ3n) is 8.71. The summed E-state index contributed by atoms with van der Waals surface area (Å²) in [7, 11) is -3.13. The summed E-state index contributed by atoms with van der Waals surface area (Å²) in [4.78, 5) is 18.2. The zero-order valence-electron chi connectivity index (χ0n) is 21.6. The molecule has 212 valence electrons. The van der Waals surface area contributed by atoms with Crippen LogP contribution in [0.2, 0.25) is 5.02 Å². The molecule has 1 aromatic rings. The van der Waals surface area contributed by atoms with Crippen LogP contribution in [0, 0.1) is 5.41 Å². The van der Waals surface area contributed by atoms with Gasteiger partial charge >= 0.3 is 12.3 Å². The SMILES string of the molecule is CC(OC(=O)N1CC2(CCCN2Cc2cc(Cl)cc(N3CCC4(CC3)CN(S(C)(=O)=O)C4)c2)C1)C(F)(F)F. The van der Waals surface area contributed by atoms with Gasteiger partial charge < -0.3 is 14.5 Å².